The highest BCUT2D eigenvalue weighted by Gasteiger charge is 2.25. The molecule has 0 aliphatic heterocycles. The minimum absolute atomic E-state index is 0.0244. The third-order valence-electron chi connectivity index (χ3n) is 2.40. The maximum Gasteiger partial charge on any atom is 0.252 e. The van der Waals surface area contributed by atoms with Crippen LogP contribution in [0.1, 0.15) is 5.69 Å². The van der Waals surface area contributed by atoms with E-state index in [1.807, 2.05) is 0 Å². The van der Waals surface area contributed by atoms with Crippen LogP contribution in [0.4, 0.5) is 8.78 Å². The Morgan fingerprint density at radius 2 is 2.12 bits per heavy atom. The predicted molar refractivity (Wildman–Crippen MR) is 59.1 cm³/mol. The van der Waals surface area contributed by atoms with Crippen LogP contribution in [0.2, 0.25) is 0 Å². The zero-order valence-electron chi connectivity index (χ0n) is 9.60. The number of aryl methyl sites for hydroxylation is 1. The topological polar surface area (TPSA) is 68.3 Å². The lowest BCUT2D eigenvalue weighted by molar-refractivity contribution is 0.126. The Balaban J connectivity index is 3.04. The van der Waals surface area contributed by atoms with Crippen LogP contribution in [0, 0.1) is 0 Å². The lowest BCUT2D eigenvalue weighted by Gasteiger charge is -2.15. The number of sulfonamides is 1. The summed E-state index contributed by atoms with van der Waals surface area (Å²) in [4.78, 5) is -0.0244. The molecule has 1 heterocycles. The van der Waals surface area contributed by atoms with Crippen LogP contribution >= 0.6 is 0 Å². The lowest BCUT2D eigenvalue weighted by Crippen LogP contribution is -2.31. The Kier molecular flexibility index (Phi) is 4.23. The summed E-state index contributed by atoms with van der Waals surface area (Å²) in [6, 6.07) is 1.39. The summed E-state index contributed by atoms with van der Waals surface area (Å²) in [5.41, 5.74) is 6.03. The maximum absolute atomic E-state index is 12.2. The molecule has 98 valence electrons. The molecule has 0 unspecified atom stereocenters. The van der Waals surface area contributed by atoms with Gasteiger partial charge in [-0.3, -0.25) is 0 Å². The predicted octanol–water partition coefficient (Wildman–Crippen LogP) is 0.369. The summed E-state index contributed by atoms with van der Waals surface area (Å²) in [5, 5.41) is 0. The Morgan fingerprint density at radius 3 is 2.53 bits per heavy atom. The molecule has 17 heavy (non-hydrogen) atoms. The van der Waals surface area contributed by atoms with Crippen molar-refractivity contribution in [2.24, 2.45) is 12.8 Å². The van der Waals surface area contributed by atoms with E-state index in [0.717, 1.165) is 7.05 Å². The van der Waals surface area contributed by atoms with Crippen LogP contribution in [0.3, 0.4) is 0 Å². The molecule has 5 nitrogen and oxygen atoms in total. The number of alkyl halides is 2. The fraction of sp³-hybridized carbons (Fsp3) is 0.556. The molecule has 1 rings (SSSR count). The van der Waals surface area contributed by atoms with Gasteiger partial charge in [0, 0.05) is 32.5 Å². The molecule has 2 N–H and O–H groups in total. The SMILES string of the molecule is CN(CC(F)F)S(=O)(=O)c1cc(CN)n(C)c1. The third kappa shape index (κ3) is 3.02. The Bertz CT molecular complexity index is 484. The molecule has 1 aromatic rings. The van der Waals surface area contributed by atoms with Gasteiger partial charge in [-0.2, -0.15) is 4.31 Å². The second kappa shape index (κ2) is 5.11. The highest BCUT2D eigenvalue weighted by molar-refractivity contribution is 7.89. The first-order valence-electron chi connectivity index (χ1n) is 4.89. The van der Waals surface area contributed by atoms with E-state index in [9.17, 15) is 17.2 Å². The summed E-state index contributed by atoms with van der Waals surface area (Å²) >= 11 is 0. The second-order valence-electron chi connectivity index (χ2n) is 3.66. The quantitative estimate of drug-likeness (QED) is 0.838. The smallest absolute Gasteiger partial charge is 0.252 e. The molecule has 0 radical (unpaired) electrons. The van der Waals surface area contributed by atoms with E-state index >= 15 is 0 Å². The van der Waals surface area contributed by atoms with Gasteiger partial charge < -0.3 is 10.3 Å². The molecule has 0 atom stereocenters. The first-order chi connectivity index (χ1) is 7.78. The normalized spacial score (nSPS) is 12.6. The number of halogens is 2. The van der Waals surface area contributed by atoms with Gasteiger partial charge in [0.25, 0.3) is 6.43 Å². The van der Waals surface area contributed by atoms with Gasteiger partial charge in [0.2, 0.25) is 10.0 Å². The molecular weight excluding hydrogens is 252 g/mol. The molecule has 0 bridgehead atoms. The number of nitrogens with zero attached hydrogens (tertiary/aromatic N) is 2. The van der Waals surface area contributed by atoms with E-state index in [1.54, 1.807) is 11.6 Å². The molecule has 0 fully saturated rings. The van der Waals surface area contributed by atoms with Crippen molar-refractivity contribution in [1.29, 1.82) is 0 Å². The second-order valence-corrected chi connectivity index (χ2v) is 5.70. The highest BCUT2D eigenvalue weighted by Crippen LogP contribution is 2.17. The number of nitrogens with two attached hydrogens (primary N) is 1. The standard InChI is InChI=1S/C9H15F2N3O2S/c1-13-5-8(3-7(13)4-12)17(15,16)14(2)6-9(10)11/h3,5,9H,4,6,12H2,1-2H3. The molecule has 0 saturated heterocycles. The summed E-state index contributed by atoms with van der Waals surface area (Å²) in [5.74, 6) is 0. The van der Waals surface area contributed by atoms with Gasteiger partial charge in [-0.1, -0.05) is 0 Å². The molecule has 0 amide bonds. The Morgan fingerprint density at radius 1 is 1.53 bits per heavy atom. The van der Waals surface area contributed by atoms with Gasteiger partial charge >= 0.3 is 0 Å². The fourth-order valence-corrected chi connectivity index (χ4v) is 2.64. The van der Waals surface area contributed by atoms with Crippen LogP contribution in [0.5, 0.6) is 0 Å². The van der Waals surface area contributed by atoms with Crippen LogP contribution in [0.25, 0.3) is 0 Å². The highest BCUT2D eigenvalue weighted by atomic mass is 32.2. The Labute approximate surface area is 98.9 Å². The van der Waals surface area contributed by atoms with E-state index in [2.05, 4.69) is 0 Å². The van der Waals surface area contributed by atoms with E-state index in [4.69, 9.17) is 5.73 Å². The van der Waals surface area contributed by atoms with Crippen molar-refractivity contribution >= 4 is 10.0 Å². The van der Waals surface area contributed by atoms with E-state index < -0.39 is 23.0 Å². The van der Waals surface area contributed by atoms with Gasteiger partial charge in [0.15, 0.2) is 0 Å². The van der Waals surface area contributed by atoms with Crippen molar-refractivity contribution in [3.63, 3.8) is 0 Å². The first-order valence-corrected chi connectivity index (χ1v) is 6.33. The summed E-state index contributed by atoms with van der Waals surface area (Å²) in [6.45, 7) is -0.639. The van der Waals surface area contributed by atoms with Crippen molar-refractivity contribution < 1.29 is 17.2 Å². The van der Waals surface area contributed by atoms with Gasteiger partial charge in [-0.15, -0.1) is 0 Å². The third-order valence-corrected chi connectivity index (χ3v) is 4.18. The fourth-order valence-electron chi connectivity index (χ4n) is 1.39. The van der Waals surface area contributed by atoms with Gasteiger partial charge in [-0.25, -0.2) is 17.2 Å². The molecule has 1 aromatic heterocycles. The first kappa shape index (κ1) is 14.1. The van der Waals surface area contributed by atoms with Crippen molar-refractivity contribution in [1.82, 2.24) is 8.87 Å². The minimum Gasteiger partial charge on any atom is -0.352 e. The van der Waals surface area contributed by atoms with Crippen LogP contribution < -0.4 is 5.73 Å². The number of hydrogen-bond donors (Lipinski definition) is 1. The molecule has 0 aliphatic rings. The van der Waals surface area contributed by atoms with Crippen molar-refractivity contribution in [3.05, 3.63) is 18.0 Å². The number of hydrogen-bond acceptors (Lipinski definition) is 3. The average Bonchev–Trinajstić information content (AvgIpc) is 2.59. The average molecular weight is 267 g/mol. The summed E-state index contributed by atoms with van der Waals surface area (Å²) < 4.78 is 50.3. The molecule has 0 spiro atoms. The molecule has 8 heteroatoms. The lowest BCUT2D eigenvalue weighted by atomic mass is 10.4. The van der Waals surface area contributed by atoms with E-state index in [-0.39, 0.29) is 11.4 Å². The van der Waals surface area contributed by atoms with Gasteiger partial charge in [-0.05, 0) is 6.07 Å². The summed E-state index contributed by atoms with van der Waals surface area (Å²) in [7, 11) is -1.10. The van der Waals surface area contributed by atoms with Gasteiger partial charge in [0.1, 0.15) is 4.90 Å². The van der Waals surface area contributed by atoms with E-state index in [1.165, 1.54) is 12.3 Å². The Hall–Kier alpha value is -0.990. The number of aromatic nitrogens is 1. The molecule has 0 saturated carbocycles. The monoisotopic (exact) mass is 267 g/mol. The van der Waals surface area contributed by atoms with Crippen LogP contribution in [0.15, 0.2) is 17.2 Å². The zero-order valence-corrected chi connectivity index (χ0v) is 10.4. The van der Waals surface area contributed by atoms with Crippen molar-refractivity contribution in [2.75, 3.05) is 13.6 Å². The number of rotatable bonds is 5. The van der Waals surface area contributed by atoms with Crippen molar-refractivity contribution in [2.45, 2.75) is 17.9 Å². The minimum atomic E-state index is -3.87. The van der Waals surface area contributed by atoms with Crippen LogP contribution in [-0.2, 0) is 23.6 Å². The molecule has 0 aliphatic carbocycles. The summed E-state index contributed by atoms with van der Waals surface area (Å²) in [6.07, 6.45) is -1.34. The van der Waals surface area contributed by atoms with Crippen LogP contribution in [-0.4, -0.2) is 37.3 Å². The van der Waals surface area contributed by atoms with Gasteiger partial charge in [0.05, 0.1) is 6.54 Å². The largest absolute Gasteiger partial charge is 0.352 e. The maximum atomic E-state index is 12.2. The zero-order chi connectivity index (χ0) is 13.2. The van der Waals surface area contributed by atoms with E-state index in [0.29, 0.717) is 10.00 Å². The molecular formula is C9H15F2N3O2S. The molecule has 0 aromatic carbocycles. The van der Waals surface area contributed by atoms with Crippen molar-refractivity contribution in [3.8, 4) is 0 Å².